The second-order valence-corrected chi connectivity index (χ2v) is 10.9. The molecule has 6 aromatic rings. The molecule has 0 bridgehead atoms. The second kappa shape index (κ2) is 12.5. The Morgan fingerprint density at radius 3 is 2.33 bits per heavy atom. The molecular weight excluding hydrogens is 542 g/mol. The summed E-state index contributed by atoms with van der Waals surface area (Å²) < 4.78 is 10.4. The molecule has 42 heavy (non-hydrogen) atoms. The predicted molar refractivity (Wildman–Crippen MR) is 170 cm³/mol. The van der Waals surface area contributed by atoms with Crippen LogP contribution in [0.3, 0.4) is 0 Å². The summed E-state index contributed by atoms with van der Waals surface area (Å²) in [4.78, 5) is 17.7. The topological polar surface area (TPSA) is 49.1 Å². The minimum atomic E-state index is -0.0691. The molecule has 2 heterocycles. The van der Waals surface area contributed by atoms with Gasteiger partial charge in [-0.25, -0.2) is 4.98 Å². The number of nitrogens with zero attached hydrogens (tertiary/aromatic N) is 3. The van der Waals surface area contributed by atoms with E-state index in [9.17, 15) is 4.79 Å². The SMILES string of the molecule is Cn1c(=O)cc(-c2cccc(Cl)c2)c2ccc(OCCc3cncn3Cc3ccccc3)c(CCc3ccccc3)c21. The number of aryl methyl sites for hydroxylation is 3. The smallest absolute Gasteiger partial charge is 0.251 e. The zero-order valence-corrected chi connectivity index (χ0v) is 24.3. The molecule has 6 heteroatoms. The summed E-state index contributed by atoms with van der Waals surface area (Å²) >= 11 is 6.34. The summed E-state index contributed by atoms with van der Waals surface area (Å²) in [6.45, 7) is 1.26. The minimum absolute atomic E-state index is 0.0691. The Bertz CT molecular complexity index is 1880. The van der Waals surface area contributed by atoms with Crippen LogP contribution in [-0.2, 0) is 32.9 Å². The maximum atomic E-state index is 13.3. The molecule has 0 aliphatic carbocycles. The molecule has 5 nitrogen and oxygen atoms in total. The number of ether oxygens (including phenoxy) is 1. The quantitative estimate of drug-likeness (QED) is 0.170. The van der Waals surface area contributed by atoms with Crippen molar-refractivity contribution in [3.63, 3.8) is 0 Å². The fourth-order valence-electron chi connectivity index (χ4n) is 5.56. The van der Waals surface area contributed by atoms with Gasteiger partial charge in [0.2, 0.25) is 0 Å². The van der Waals surface area contributed by atoms with Crippen molar-refractivity contribution in [3.05, 3.63) is 153 Å². The lowest BCUT2D eigenvalue weighted by atomic mass is 9.95. The van der Waals surface area contributed by atoms with Crippen molar-refractivity contribution in [1.29, 1.82) is 0 Å². The third-order valence-electron chi connectivity index (χ3n) is 7.72. The average molecular weight is 574 g/mol. The summed E-state index contributed by atoms with van der Waals surface area (Å²) in [6.07, 6.45) is 6.05. The van der Waals surface area contributed by atoms with Gasteiger partial charge in [-0.2, -0.15) is 0 Å². The molecule has 0 saturated heterocycles. The first-order valence-corrected chi connectivity index (χ1v) is 14.6. The molecule has 0 radical (unpaired) electrons. The lowest BCUT2D eigenvalue weighted by Crippen LogP contribution is -2.18. The number of fused-ring (bicyclic) bond motifs is 1. The summed E-state index contributed by atoms with van der Waals surface area (Å²) in [6, 6.07) is 34.2. The highest BCUT2D eigenvalue weighted by atomic mass is 35.5. The van der Waals surface area contributed by atoms with E-state index in [1.165, 1.54) is 11.1 Å². The summed E-state index contributed by atoms with van der Waals surface area (Å²) in [5.74, 6) is 0.797. The van der Waals surface area contributed by atoms with Crippen molar-refractivity contribution in [2.24, 2.45) is 7.05 Å². The van der Waals surface area contributed by atoms with Crippen molar-refractivity contribution in [2.45, 2.75) is 25.8 Å². The van der Waals surface area contributed by atoms with Gasteiger partial charge in [0.1, 0.15) is 5.75 Å². The Hall–Kier alpha value is -4.61. The highest BCUT2D eigenvalue weighted by Gasteiger charge is 2.17. The number of rotatable bonds is 10. The van der Waals surface area contributed by atoms with Gasteiger partial charge < -0.3 is 13.9 Å². The van der Waals surface area contributed by atoms with E-state index in [2.05, 4.69) is 64.1 Å². The van der Waals surface area contributed by atoms with Crippen molar-refractivity contribution in [2.75, 3.05) is 6.61 Å². The van der Waals surface area contributed by atoms with Crippen LogP contribution in [0.5, 0.6) is 5.75 Å². The van der Waals surface area contributed by atoms with E-state index in [4.69, 9.17) is 16.3 Å². The van der Waals surface area contributed by atoms with Gasteiger partial charge in [0.15, 0.2) is 0 Å². The number of hydrogen-bond donors (Lipinski definition) is 0. The predicted octanol–water partition coefficient (Wildman–Crippen LogP) is 7.51. The molecule has 0 aliphatic heterocycles. The fraction of sp³-hybridized carbons (Fsp3) is 0.167. The molecule has 0 aliphatic rings. The number of halogens is 1. The largest absolute Gasteiger partial charge is 0.493 e. The second-order valence-electron chi connectivity index (χ2n) is 10.5. The third-order valence-corrected chi connectivity index (χ3v) is 7.95. The Morgan fingerprint density at radius 1 is 0.810 bits per heavy atom. The standard InChI is InChI=1S/C36H32ClN3O2/c1-39-35(41)22-33(28-13-8-14-29(37)21-28)31-17-18-34(32(36(31)39)16-15-26-9-4-2-5-10-26)42-20-19-30-23-38-25-40(30)24-27-11-6-3-7-12-27/h2-14,17-18,21-23,25H,15-16,19-20,24H2,1H3. The number of hydrogen-bond acceptors (Lipinski definition) is 3. The van der Waals surface area contributed by atoms with E-state index in [1.807, 2.05) is 62.0 Å². The summed E-state index contributed by atoms with van der Waals surface area (Å²) in [5, 5.41) is 1.63. The van der Waals surface area contributed by atoms with Crippen LogP contribution < -0.4 is 10.3 Å². The lowest BCUT2D eigenvalue weighted by Gasteiger charge is -2.19. The van der Waals surface area contributed by atoms with E-state index in [1.54, 1.807) is 10.6 Å². The Morgan fingerprint density at radius 2 is 1.57 bits per heavy atom. The van der Waals surface area contributed by atoms with Crippen LogP contribution in [0.1, 0.15) is 22.4 Å². The Kier molecular flexibility index (Phi) is 8.20. The zero-order chi connectivity index (χ0) is 28.9. The van der Waals surface area contributed by atoms with Crippen LogP contribution in [0.25, 0.3) is 22.0 Å². The van der Waals surface area contributed by atoms with Gasteiger partial charge in [-0.15, -0.1) is 0 Å². The van der Waals surface area contributed by atoms with Crippen LogP contribution in [0.4, 0.5) is 0 Å². The molecule has 6 rings (SSSR count). The van der Waals surface area contributed by atoms with E-state index < -0.39 is 0 Å². The van der Waals surface area contributed by atoms with Gasteiger partial charge >= 0.3 is 0 Å². The van der Waals surface area contributed by atoms with Crippen LogP contribution >= 0.6 is 11.6 Å². The number of benzene rings is 4. The van der Waals surface area contributed by atoms with Crippen molar-refractivity contribution in [1.82, 2.24) is 14.1 Å². The molecule has 0 atom stereocenters. The van der Waals surface area contributed by atoms with Gasteiger partial charge in [0.05, 0.1) is 18.5 Å². The Balaban J connectivity index is 1.34. The lowest BCUT2D eigenvalue weighted by molar-refractivity contribution is 0.316. The van der Waals surface area contributed by atoms with Crippen molar-refractivity contribution >= 4 is 22.5 Å². The molecule has 210 valence electrons. The van der Waals surface area contributed by atoms with Gasteiger partial charge in [-0.1, -0.05) is 84.4 Å². The van der Waals surface area contributed by atoms with E-state index in [-0.39, 0.29) is 5.56 Å². The average Bonchev–Trinajstić information content (AvgIpc) is 3.45. The van der Waals surface area contributed by atoms with Crippen LogP contribution in [0.2, 0.25) is 5.02 Å². The van der Waals surface area contributed by atoms with Crippen molar-refractivity contribution in [3.8, 4) is 16.9 Å². The molecule has 4 aromatic carbocycles. The van der Waals surface area contributed by atoms with Crippen LogP contribution in [0.15, 0.2) is 120 Å². The highest BCUT2D eigenvalue weighted by Crippen LogP contribution is 2.35. The van der Waals surface area contributed by atoms with E-state index in [0.29, 0.717) is 18.1 Å². The molecule has 0 spiro atoms. The minimum Gasteiger partial charge on any atom is -0.493 e. The first-order valence-electron chi connectivity index (χ1n) is 14.2. The molecular formula is C36H32ClN3O2. The summed E-state index contributed by atoms with van der Waals surface area (Å²) in [7, 11) is 1.84. The molecule has 2 aromatic heterocycles. The molecule has 0 unspecified atom stereocenters. The Labute approximate surface area is 250 Å². The van der Waals surface area contributed by atoms with E-state index in [0.717, 1.165) is 58.4 Å². The van der Waals surface area contributed by atoms with Gasteiger partial charge in [0, 0.05) is 53.9 Å². The first kappa shape index (κ1) is 27.6. The van der Waals surface area contributed by atoms with Gasteiger partial charge in [-0.3, -0.25) is 4.79 Å². The summed E-state index contributed by atoms with van der Waals surface area (Å²) in [5.41, 5.74) is 7.21. The van der Waals surface area contributed by atoms with Gasteiger partial charge in [0.25, 0.3) is 5.56 Å². The number of pyridine rings is 1. The number of aromatic nitrogens is 3. The zero-order valence-electron chi connectivity index (χ0n) is 23.5. The normalized spacial score (nSPS) is 11.2. The van der Waals surface area contributed by atoms with Crippen molar-refractivity contribution < 1.29 is 4.74 Å². The number of imidazole rings is 1. The van der Waals surface area contributed by atoms with Gasteiger partial charge in [-0.05, 0) is 59.4 Å². The third kappa shape index (κ3) is 6.02. The molecule has 0 fully saturated rings. The molecule has 0 saturated carbocycles. The van der Waals surface area contributed by atoms with Crippen LogP contribution in [0, 0.1) is 0 Å². The monoisotopic (exact) mass is 573 g/mol. The molecule has 0 amide bonds. The first-order chi connectivity index (χ1) is 20.6. The fourth-order valence-corrected chi connectivity index (χ4v) is 5.75. The van der Waals surface area contributed by atoms with Crippen LogP contribution in [-0.4, -0.2) is 20.7 Å². The maximum Gasteiger partial charge on any atom is 0.251 e. The highest BCUT2D eigenvalue weighted by molar-refractivity contribution is 6.30. The van der Waals surface area contributed by atoms with E-state index >= 15 is 0 Å². The maximum absolute atomic E-state index is 13.3. The molecule has 0 N–H and O–H groups in total.